The molecule has 1 aliphatic rings. The summed E-state index contributed by atoms with van der Waals surface area (Å²) in [6, 6.07) is 11.7. The zero-order valence-electron chi connectivity index (χ0n) is 17.7. The topological polar surface area (TPSA) is 56.1 Å². The quantitative estimate of drug-likeness (QED) is 0.631. The highest BCUT2D eigenvalue weighted by Crippen LogP contribution is 2.34. The molecule has 0 saturated carbocycles. The normalized spacial score (nSPS) is 13.1. The van der Waals surface area contributed by atoms with Crippen molar-refractivity contribution < 1.29 is 19.2 Å². The Balaban J connectivity index is 1.66. The lowest BCUT2D eigenvalue weighted by atomic mass is 10.1. The fourth-order valence-electron chi connectivity index (χ4n) is 3.50. The van der Waals surface area contributed by atoms with E-state index in [0.717, 1.165) is 34.7 Å². The third-order valence-corrected chi connectivity index (χ3v) is 6.21. The number of ether oxygens (including phenoxy) is 2. The van der Waals surface area contributed by atoms with E-state index in [4.69, 9.17) is 14.5 Å². The average molecular weight is 427 g/mol. The zero-order chi connectivity index (χ0) is 21.1. The molecule has 0 radical (unpaired) electrons. The Labute approximate surface area is 181 Å². The number of nitrogens with zero attached hydrogens (tertiary/aromatic N) is 2. The van der Waals surface area contributed by atoms with Gasteiger partial charge in [0.2, 0.25) is 0 Å². The number of carbonyl (C=O) groups is 1. The van der Waals surface area contributed by atoms with Crippen molar-refractivity contribution in [2.75, 3.05) is 45.3 Å². The number of rotatable bonds is 7. The van der Waals surface area contributed by atoms with Gasteiger partial charge in [-0.1, -0.05) is 24.3 Å². The number of aryl methyl sites for hydroxylation is 1. The van der Waals surface area contributed by atoms with Gasteiger partial charge in [-0.25, -0.2) is 4.98 Å². The van der Waals surface area contributed by atoms with Crippen LogP contribution in [0.3, 0.4) is 0 Å². The van der Waals surface area contributed by atoms with Crippen molar-refractivity contribution in [3.8, 4) is 11.5 Å². The standard InChI is InChI=1S/C23H27N3O3S/c1-4-16-6-8-18-21(14-16)30-23(24-18)26(11-5-10-25(2)3)22(27)17-7-9-19-20(15-17)29-13-12-28-19/h6-9,14-15H,4-5,10-13H2,1-3H3/p+1. The Morgan fingerprint density at radius 2 is 1.93 bits per heavy atom. The number of hydrogen-bond acceptors (Lipinski definition) is 5. The van der Waals surface area contributed by atoms with Gasteiger partial charge in [0, 0.05) is 18.5 Å². The van der Waals surface area contributed by atoms with Crippen molar-refractivity contribution in [2.24, 2.45) is 0 Å². The molecule has 0 saturated heterocycles. The van der Waals surface area contributed by atoms with Crippen LogP contribution in [0.5, 0.6) is 11.5 Å². The van der Waals surface area contributed by atoms with E-state index in [1.165, 1.54) is 10.5 Å². The maximum Gasteiger partial charge on any atom is 0.260 e. The number of quaternary nitrogens is 1. The first-order chi connectivity index (χ1) is 14.5. The minimum Gasteiger partial charge on any atom is -0.486 e. The first kappa shape index (κ1) is 20.6. The second kappa shape index (κ2) is 9.02. The van der Waals surface area contributed by atoms with Crippen LogP contribution in [0.25, 0.3) is 10.2 Å². The largest absolute Gasteiger partial charge is 0.486 e. The smallest absolute Gasteiger partial charge is 0.260 e. The van der Waals surface area contributed by atoms with E-state index in [0.29, 0.717) is 36.8 Å². The molecule has 30 heavy (non-hydrogen) atoms. The summed E-state index contributed by atoms with van der Waals surface area (Å²) in [4.78, 5) is 21.4. The van der Waals surface area contributed by atoms with E-state index in [1.54, 1.807) is 17.4 Å². The van der Waals surface area contributed by atoms with Crippen molar-refractivity contribution in [2.45, 2.75) is 19.8 Å². The molecule has 4 rings (SSSR count). The van der Waals surface area contributed by atoms with Gasteiger partial charge >= 0.3 is 0 Å². The Hall–Kier alpha value is -2.64. The first-order valence-electron chi connectivity index (χ1n) is 10.4. The second-order valence-electron chi connectivity index (χ2n) is 7.78. The monoisotopic (exact) mass is 426 g/mol. The highest BCUT2D eigenvalue weighted by molar-refractivity contribution is 7.22. The van der Waals surface area contributed by atoms with Gasteiger partial charge in [-0.15, -0.1) is 0 Å². The van der Waals surface area contributed by atoms with Crippen LogP contribution in [-0.2, 0) is 6.42 Å². The van der Waals surface area contributed by atoms with Crippen LogP contribution < -0.4 is 19.3 Å². The molecule has 0 atom stereocenters. The van der Waals surface area contributed by atoms with Crippen molar-refractivity contribution in [1.29, 1.82) is 0 Å². The molecule has 6 nitrogen and oxygen atoms in total. The summed E-state index contributed by atoms with van der Waals surface area (Å²) in [7, 11) is 4.24. The van der Waals surface area contributed by atoms with Crippen molar-refractivity contribution in [1.82, 2.24) is 4.98 Å². The van der Waals surface area contributed by atoms with Crippen LogP contribution in [0.4, 0.5) is 5.13 Å². The predicted molar refractivity (Wildman–Crippen MR) is 120 cm³/mol. The maximum absolute atomic E-state index is 13.5. The van der Waals surface area contributed by atoms with Gasteiger partial charge in [0.05, 0.1) is 30.9 Å². The third kappa shape index (κ3) is 4.42. The molecule has 0 unspecified atom stereocenters. The molecule has 1 aliphatic heterocycles. The van der Waals surface area contributed by atoms with Gasteiger partial charge in [-0.2, -0.15) is 0 Å². The summed E-state index contributed by atoms with van der Waals surface area (Å²) in [5.41, 5.74) is 2.80. The third-order valence-electron chi connectivity index (χ3n) is 5.17. The number of anilines is 1. The molecule has 0 aliphatic carbocycles. The Kier molecular flexibility index (Phi) is 6.20. The number of carbonyl (C=O) groups excluding carboxylic acids is 1. The van der Waals surface area contributed by atoms with Gasteiger partial charge < -0.3 is 14.4 Å². The summed E-state index contributed by atoms with van der Waals surface area (Å²) in [5.74, 6) is 1.25. The summed E-state index contributed by atoms with van der Waals surface area (Å²) in [5, 5.41) is 0.742. The molecule has 0 spiro atoms. The zero-order valence-corrected chi connectivity index (χ0v) is 18.6. The molecule has 158 valence electrons. The number of benzene rings is 2. The first-order valence-corrected chi connectivity index (χ1v) is 11.3. The Morgan fingerprint density at radius 1 is 1.13 bits per heavy atom. The lowest BCUT2D eigenvalue weighted by Gasteiger charge is -2.22. The minimum atomic E-state index is -0.0597. The van der Waals surface area contributed by atoms with E-state index < -0.39 is 0 Å². The number of aromatic nitrogens is 1. The molecule has 2 aromatic carbocycles. The van der Waals surface area contributed by atoms with E-state index in [9.17, 15) is 4.79 Å². The van der Waals surface area contributed by atoms with E-state index >= 15 is 0 Å². The molecule has 1 amide bonds. The fourth-order valence-corrected chi connectivity index (χ4v) is 4.55. The summed E-state index contributed by atoms with van der Waals surface area (Å²) in [6.45, 7) is 4.78. The number of nitrogens with one attached hydrogen (secondary N) is 1. The highest BCUT2D eigenvalue weighted by Gasteiger charge is 2.23. The highest BCUT2D eigenvalue weighted by atomic mass is 32.1. The van der Waals surface area contributed by atoms with Crippen LogP contribution in [0.2, 0.25) is 0 Å². The molecular weight excluding hydrogens is 398 g/mol. The average Bonchev–Trinajstić information content (AvgIpc) is 3.18. The van der Waals surface area contributed by atoms with Gasteiger partial charge in [-0.05, 0) is 42.3 Å². The molecule has 0 fully saturated rings. The van der Waals surface area contributed by atoms with Crippen LogP contribution in [0.15, 0.2) is 36.4 Å². The summed E-state index contributed by atoms with van der Waals surface area (Å²) >= 11 is 1.58. The molecule has 1 N–H and O–H groups in total. The van der Waals surface area contributed by atoms with Crippen LogP contribution >= 0.6 is 11.3 Å². The maximum atomic E-state index is 13.5. The lowest BCUT2D eigenvalue weighted by molar-refractivity contribution is -0.858. The number of fused-ring (bicyclic) bond motifs is 2. The van der Waals surface area contributed by atoms with Crippen molar-refractivity contribution in [3.05, 3.63) is 47.5 Å². The molecule has 1 aromatic heterocycles. The van der Waals surface area contributed by atoms with Crippen LogP contribution in [-0.4, -0.2) is 51.3 Å². The minimum absolute atomic E-state index is 0.0597. The molecule has 7 heteroatoms. The van der Waals surface area contributed by atoms with E-state index in [2.05, 4.69) is 33.2 Å². The summed E-state index contributed by atoms with van der Waals surface area (Å²) in [6.07, 6.45) is 1.88. The van der Waals surface area contributed by atoms with Gasteiger partial charge in [-0.3, -0.25) is 9.69 Å². The second-order valence-corrected chi connectivity index (χ2v) is 8.79. The molecule has 0 bridgehead atoms. The van der Waals surface area contributed by atoms with E-state index in [1.807, 2.05) is 23.1 Å². The molecular formula is C23H28N3O3S+. The number of hydrogen-bond donors (Lipinski definition) is 1. The molecule has 2 heterocycles. The van der Waals surface area contributed by atoms with E-state index in [-0.39, 0.29) is 5.91 Å². The van der Waals surface area contributed by atoms with Crippen LogP contribution in [0, 0.1) is 0 Å². The molecule has 3 aromatic rings. The Bertz CT molecular complexity index is 1050. The number of thiazole rings is 1. The van der Waals surface area contributed by atoms with Gasteiger partial charge in [0.25, 0.3) is 5.91 Å². The van der Waals surface area contributed by atoms with Crippen molar-refractivity contribution in [3.63, 3.8) is 0 Å². The summed E-state index contributed by atoms with van der Waals surface area (Å²) < 4.78 is 12.4. The number of amides is 1. The SMILES string of the molecule is CCc1ccc2nc(N(CCC[NH+](C)C)C(=O)c3ccc4c(c3)OCCO4)sc2c1. The lowest BCUT2D eigenvalue weighted by Crippen LogP contribution is -3.05. The van der Waals surface area contributed by atoms with Gasteiger partial charge in [0.15, 0.2) is 16.6 Å². The Morgan fingerprint density at radius 3 is 2.70 bits per heavy atom. The van der Waals surface area contributed by atoms with Crippen molar-refractivity contribution >= 4 is 32.6 Å². The predicted octanol–water partition coefficient (Wildman–Crippen LogP) is 2.81. The van der Waals surface area contributed by atoms with Crippen LogP contribution in [0.1, 0.15) is 29.3 Å². The fraction of sp³-hybridized carbons (Fsp3) is 0.391. The van der Waals surface area contributed by atoms with Gasteiger partial charge in [0.1, 0.15) is 13.2 Å².